The molecule has 1 heterocycles. The highest BCUT2D eigenvalue weighted by molar-refractivity contribution is 9.10. The van der Waals surface area contributed by atoms with Gasteiger partial charge in [-0.1, -0.05) is 88.7 Å². The highest BCUT2D eigenvalue weighted by Crippen LogP contribution is 2.44. The van der Waals surface area contributed by atoms with Gasteiger partial charge in [-0.25, -0.2) is 14.8 Å². The van der Waals surface area contributed by atoms with Crippen molar-refractivity contribution in [2.75, 3.05) is 13.2 Å². The van der Waals surface area contributed by atoms with Gasteiger partial charge in [-0.15, -0.1) is 0 Å². The molecule has 1 aliphatic heterocycles. The van der Waals surface area contributed by atoms with Crippen LogP contribution in [0.1, 0.15) is 40.3 Å². The quantitative estimate of drug-likeness (QED) is 0.0636. The van der Waals surface area contributed by atoms with E-state index < -0.39 is 35.1 Å². The summed E-state index contributed by atoms with van der Waals surface area (Å²) in [6.45, 7) is 0.0385. The number of benzene rings is 5. The molecule has 12 heteroatoms. The summed E-state index contributed by atoms with van der Waals surface area (Å²) in [7, 11) is 0. The highest BCUT2D eigenvalue weighted by atomic mass is 79.9. The maximum atomic E-state index is 14.5. The molecule has 3 N–H and O–H groups in total. The minimum Gasteiger partial charge on any atom is -0.494 e. The van der Waals surface area contributed by atoms with E-state index in [-0.39, 0.29) is 31.0 Å². The molecule has 0 saturated carbocycles. The largest absolute Gasteiger partial charge is 0.494 e. The first-order valence-electron chi connectivity index (χ1n) is 16.4. The molecule has 268 valence electrons. The Hall–Kier alpha value is -5.04. The lowest BCUT2D eigenvalue weighted by molar-refractivity contribution is -0.138. The average molecular weight is 777 g/mol. The summed E-state index contributed by atoms with van der Waals surface area (Å²) in [6.07, 6.45) is -5.15. The molecule has 5 aromatic rings. The Morgan fingerprint density at radius 3 is 2.25 bits per heavy atom. The molecule has 52 heavy (non-hydrogen) atoms. The van der Waals surface area contributed by atoms with Crippen molar-refractivity contribution in [3.63, 3.8) is 0 Å². The van der Waals surface area contributed by atoms with Gasteiger partial charge in [-0.3, -0.25) is 10.2 Å². The van der Waals surface area contributed by atoms with Crippen LogP contribution in [0.2, 0.25) is 0 Å². The lowest BCUT2D eigenvalue weighted by Gasteiger charge is -2.31. The zero-order valence-corrected chi connectivity index (χ0v) is 29.3. The third kappa shape index (κ3) is 8.52. The number of alkyl halides is 3. The van der Waals surface area contributed by atoms with E-state index in [0.29, 0.717) is 36.0 Å². The molecule has 1 amide bonds. The van der Waals surface area contributed by atoms with Gasteiger partial charge in [0.2, 0.25) is 5.90 Å². The van der Waals surface area contributed by atoms with E-state index in [4.69, 9.17) is 19.6 Å². The number of nitrogens with zero attached hydrogens (tertiary/aromatic N) is 1. The van der Waals surface area contributed by atoms with Gasteiger partial charge in [-0.2, -0.15) is 13.2 Å². The second kappa shape index (κ2) is 16.1. The molecule has 0 unspecified atom stereocenters. The second-order valence-corrected chi connectivity index (χ2v) is 13.1. The van der Waals surface area contributed by atoms with Crippen molar-refractivity contribution in [1.82, 2.24) is 10.9 Å². The van der Waals surface area contributed by atoms with Gasteiger partial charge in [0.25, 0.3) is 5.91 Å². The lowest BCUT2D eigenvalue weighted by Crippen LogP contribution is -2.53. The SMILES string of the molecule is O=C(NNCc1cc(F)cc(C(F)(F)F)c1)[C@@]1(Cc2ccccc2Br)N=C(c2ccc(OCCCO)cc2)O[C@H]1c1ccc(-c2ccccc2)cc1. The summed E-state index contributed by atoms with van der Waals surface area (Å²) in [6, 6.07) is 34.0. The number of nitrogens with one attached hydrogen (secondary N) is 2. The molecule has 2 atom stereocenters. The predicted octanol–water partition coefficient (Wildman–Crippen LogP) is 8.36. The number of amides is 1. The number of halogens is 5. The summed E-state index contributed by atoms with van der Waals surface area (Å²) >= 11 is 3.60. The fourth-order valence-electron chi connectivity index (χ4n) is 5.95. The van der Waals surface area contributed by atoms with Crippen LogP contribution < -0.4 is 15.6 Å². The monoisotopic (exact) mass is 775 g/mol. The van der Waals surface area contributed by atoms with Crippen LogP contribution in [0, 0.1) is 5.82 Å². The number of rotatable bonds is 13. The van der Waals surface area contributed by atoms with Crippen LogP contribution in [0.4, 0.5) is 17.6 Å². The standard InChI is InChI=1S/C40H34BrF4N3O4/c41-35-10-5-4-9-31(35)24-39(38(50)48-46-25-26-21-32(40(43,44)45)23-33(42)22-26)36(29-13-11-28(12-14-29)27-7-2-1-3-8-27)52-37(47-39)30-15-17-34(18-16-30)51-20-6-19-49/h1-5,7-18,21-23,36,46,49H,6,19-20,24-25H2,(H,48,50)/t36-,39-/m0/s1. The number of aliphatic imine (C=N–C) groups is 1. The summed E-state index contributed by atoms with van der Waals surface area (Å²) < 4.78 is 67.3. The van der Waals surface area contributed by atoms with Crippen LogP contribution in [0.15, 0.2) is 131 Å². The number of hydrogen-bond donors (Lipinski definition) is 3. The van der Waals surface area contributed by atoms with Crippen LogP contribution in [0.5, 0.6) is 5.75 Å². The third-order valence-electron chi connectivity index (χ3n) is 8.55. The Labute approximate surface area is 306 Å². The van der Waals surface area contributed by atoms with E-state index in [1.807, 2.05) is 78.9 Å². The van der Waals surface area contributed by atoms with Crippen LogP contribution >= 0.6 is 15.9 Å². The first-order chi connectivity index (χ1) is 25.1. The summed E-state index contributed by atoms with van der Waals surface area (Å²) in [5.41, 5.74) is 6.50. The third-order valence-corrected chi connectivity index (χ3v) is 9.32. The van der Waals surface area contributed by atoms with Crippen LogP contribution in [-0.2, 0) is 28.7 Å². The molecule has 0 saturated heterocycles. The predicted molar refractivity (Wildman–Crippen MR) is 193 cm³/mol. The van der Waals surface area contributed by atoms with Gasteiger partial charge in [0.15, 0.2) is 11.6 Å². The lowest BCUT2D eigenvalue weighted by atomic mass is 9.82. The number of carbonyl (C=O) groups is 1. The van der Waals surface area contributed by atoms with Crippen molar-refractivity contribution < 1.29 is 36.9 Å². The van der Waals surface area contributed by atoms with Gasteiger partial charge in [0.1, 0.15) is 11.6 Å². The summed E-state index contributed by atoms with van der Waals surface area (Å²) in [4.78, 5) is 19.5. The number of aliphatic hydroxyl groups is 1. The van der Waals surface area contributed by atoms with Gasteiger partial charge < -0.3 is 14.6 Å². The van der Waals surface area contributed by atoms with Crippen LogP contribution in [-0.4, -0.2) is 35.7 Å². The van der Waals surface area contributed by atoms with Crippen molar-refractivity contribution in [2.45, 2.75) is 37.2 Å². The van der Waals surface area contributed by atoms with Crippen LogP contribution in [0.3, 0.4) is 0 Å². The minimum atomic E-state index is -4.74. The summed E-state index contributed by atoms with van der Waals surface area (Å²) in [5, 5.41) is 9.10. The Morgan fingerprint density at radius 2 is 1.56 bits per heavy atom. The van der Waals surface area contributed by atoms with Crippen LogP contribution in [0.25, 0.3) is 11.1 Å². The number of hydrogen-bond acceptors (Lipinski definition) is 6. The zero-order valence-electron chi connectivity index (χ0n) is 27.7. The molecule has 0 aliphatic carbocycles. The van der Waals surface area contributed by atoms with E-state index in [9.17, 15) is 22.4 Å². The molecule has 0 bridgehead atoms. The van der Waals surface area contributed by atoms with E-state index in [0.717, 1.165) is 33.3 Å². The minimum absolute atomic E-state index is 0.00378. The van der Waals surface area contributed by atoms with Crippen molar-refractivity contribution in [3.05, 3.63) is 159 Å². The first kappa shape index (κ1) is 36.7. The molecule has 0 radical (unpaired) electrons. The maximum absolute atomic E-state index is 14.5. The second-order valence-electron chi connectivity index (χ2n) is 12.2. The van der Waals surface area contributed by atoms with Crippen molar-refractivity contribution in [3.8, 4) is 16.9 Å². The Morgan fingerprint density at radius 1 is 0.885 bits per heavy atom. The van der Waals surface area contributed by atoms with Gasteiger partial charge >= 0.3 is 6.18 Å². The topological polar surface area (TPSA) is 92.2 Å². The Kier molecular flexibility index (Phi) is 11.4. The number of ether oxygens (including phenoxy) is 2. The highest BCUT2D eigenvalue weighted by Gasteiger charge is 2.53. The molecule has 5 aromatic carbocycles. The van der Waals surface area contributed by atoms with Gasteiger partial charge in [-0.05, 0) is 76.3 Å². The molecular formula is C40H34BrF4N3O4. The first-order valence-corrected chi connectivity index (χ1v) is 17.2. The van der Waals surface area contributed by atoms with Gasteiger partial charge in [0.05, 0.1) is 12.2 Å². The normalized spacial score (nSPS) is 17.0. The average Bonchev–Trinajstić information content (AvgIpc) is 3.53. The van der Waals surface area contributed by atoms with Gasteiger partial charge in [0, 0.05) is 36.0 Å². The van der Waals surface area contributed by atoms with Crippen molar-refractivity contribution in [1.29, 1.82) is 0 Å². The fourth-order valence-corrected chi connectivity index (χ4v) is 6.37. The van der Waals surface area contributed by atoms with E-state index >= 15 is 0 Å². The van der Waals surface area contributed by atoms with E-state index in [1.54, 1.807) is 24.3 Å². The zero-order chi connectivity index (χ0) is 36.7. The van der Waals surface area contributed by atoms with Crippen molar-refractivity contribution >= 4 is 27.7 Å². The molecular weight excluding hydrogens is 742 g/mol. The number of hydrazine groups is 1. The molecule has 0 spiro atoms. The smallest absolute Gasteiger partial charge is 0.416 e. The molecule has 1 aliphatic rings. The Bertz CT molecular complexity index is 2030. The summed E-state index contributed by atoms with van der Waals surface area (Å²) in [5.74, 6) is -0.894. The van der Waals surface area contributed by atoms with E-state index in [2.05, 4.69) is 26.8 Å². The molecule has 0 fully saturated rings. The molecule has 7 nitrogen and oxygen atoms in total. The molecule has 6 rings (SSSR count). The number of aliphatic hydroxyl groups excluding tert-OH is 1. The maximum Gasteiger partial charge on any atom is 0.416 e. The van der Waals surface area contributed by atoms with Crippen molar-refractivity contribution in [2.24, 2.45) is 4.99 Å². The number of carbonyl (C=O) groups excluding carboxylic acids is 1. The Balaban J connectivity index is 1.38. The van der Waals surface area contributed by atoms with E-state index in [1.165, 1.54) is 0 Å². The fraction of sp³-hybridized carbons (Fsp3) is 0.200. The molecule has 0 aromatic heterocycles.